The van der Waals surface area contributed by atoms with Crippen LogP contribution < -0.4 is 5.32 Å². The second kappa shape index (κ2) is 12.4. The minimum absolute atomic E-state index is 0.0228. The first-order valence-corrected chi connectivity index (χ1v) is 14.2. The lowest BCUT2D eigenvalue weighted by molar-refractivity contribution is -0.172. The van der Waals surface area contributed by atoms with Crippen molar-refractivity contribution < 1.29 is 28.7 Å². The van der Waals surface area contributed by atoms with Crippen molar-refractivity contribution in [2.24, 2.45) is 5.92 Å². The zero-order chi connectivity index (χ0) is 28.1. The third kappa shape index (κ3) is 6.04. The molecule has 3 aromatic carbocycles. The lowest BCUT2D eigenvalue weighted by Gasteiger charge is -2.54. The summed E-state index contributed by atoms with van der Waals surface area (Å²) in [5.41, 5.74) is 2.43. The molecule has 5 rings (SSSR count). The van der Waals surface area contributed by atoms with Crippen LogP contribution in [0.4, 0.5) is 0 Å². The number of nitrogens with zero attached hydrogens (tertiary/aromatic N) is 1. The lowest BCUT2D eigenvalue weighted by atomic mass is 9.93. The van der Waals surface area contributed by atoms with Gasteiger partial charge >= 0.3 is 11.9 Å². The minimum Gasteiger partial charge on any atom is -0.465 e. The second-order valence-corrected chi connectivity index (χ2v) is 11.0. The average molecular weight is 559 g/mol. The molecule has 9 heteroatoms. The van der Waals surface area contributed by atoms with Crippen LogP contribution in [0, 0.1) is 5.92 Å². The van der Waals surface area contributed by atoms with Gasteiger partial charge in [0.25, 0.3) is 0 Å². The summed E-state index contributed by atoms with van der Waals surface area (Å²) >= 11 is 1.46. The molecule has 2 heterocycles. The zero-order valence-corrected chi connectivity index (χ0v) is 22.8. The highest BCUT2D eigenvalue weighted by Gasteiger charge is 2.58. The molecule has 206 valence electrons. The van der Waals surface area contributed by atoms with E-state index in [1.54, 1.807) is 0 Å². The molecule has 0 bridgehead atoms. The third-order valence-electron chi connectivity index (χ3n) is 7.01. The van der Waals surface area contributed by atoms with Crippen molar-refractivity contribution in [3.05, 3.63) is 108 Å². The van der Waals surface area contributed by atoms with Gasteiger partial charge in [0.05, 0.1) is 13.0 Å². The molecule has 40 heavy (non-hydrogen) atoms. The SMILES string of the molecule is CC(=O)OCC1CS[C@@H]2C(NC(=O)Cc3ccccc3)C(=O)N2C1C(=O)OC(c1ccccc1)c1ccccc1. The Morgan fingerprint density at radius 1 is 0.925 bits per heavy atom. The molecule has 2 aliphatic heterocycles. The first kappa shape index (κ1) is 27.5. The predicted molar refractivity (Wildman–Crippen MR) is 150 cm³/mol. The van der Waals surface area contributed by atoms with Crippen LogP contribution in [-0.4, -0.2) is 58.5 Å². The van der Waals surface area contributed by atoms with Gasteiger partial charge in [-0.25, -0.2) is 4.79 Å². The number of hydrogen-bond donors (Lipinski definition) is 1. The highest BCUT2D eigenvalue weighted by molar-refractivity contribution is 8.00. The van der Waals surface area contributed by atoms with E-state index >= 15 is 0 Å². The van der Waals surface area contributed by atoms with Crippen molar-refractivity contribution in [1.29, 1.82) is 0 Å². The maximum Gasteiger partial charge on any atom is 0.330 e. The Hall–Kier alpha value is -4.11. The molecule has 2 aliphatic rings. The number of amides is 2. The summed E-state index contributed by atoms with van der Waals surface area (Å²) < 4.78 is 11.4. The molecule has 1 N–H and O–H groups in total. The molecule has 3 unspecified atom stereocenters. The Balaban J connectivity index is 1.35. The highest BCUT2D eigenvalue weighted by atomic mass is 32.2. The summed E-state index contributed by atoms with van der Waals surface area (Å²) in [6.45, 7) is 1.28. The van der Waals surface area contributed by atoms with Crippen LogP contribution in [0.5, 0.6) is 0 Å². The van der Waals surface area contributed by atoms with Crippen LogP contribution in [0.3, 0.4) is 0 Å². The first-order valence-electron chi connectivity index (χ1n) is 13.1. The van der Waals surface area contributed by atoms with Crippen molar-refractivity contribution >= 4 is 35.5 Å². The second-order valence-electron chi connectivity index (χ2n) is 9.82. The molecule has 3 aromatic rings. The normalized spacial score (nSPS) is 21.6. The summed E-state index contributed by atoms with van der Waals surface area (Å²) in [7, 11) is 0. The summed E-state index contributed by atoms with van der Waals surface area (Å²) in [6.07, 6.45) is -0.534. The summed E-state index contributed by atoms with van der Waals surface area (Å²) in [5, 5.41) is 2.42. The molecular formula is C31H30N2O6S. The molecular weight excluding hydrogens is 528 g/mol. The van der Waals surface area contributed by atoms with Crippen LogP contribution in [0.1, 0.15) is 29.7 Å². The Labute approximate surface area is 237 Å². The van der Waals surface area contributed by atoms with Crippen molar-refractivity contribution in [2.75, 3.05) is 12.4 Å². The number of hydrogen-bond acceptors (Lipinski definition) is 7. The minimum atomic E-state index is -0.963. The largest absolute Gasteiger partial charge is 0.465 e. The topological polar surface area (TPSA) is 102 Å². The fraction of sp³-hybridized carbons (Fsp3) is 0.290. The van der Waals surface area contributed by atoms with Gasteiger partial charge in [-0.2, -0.15) is 0 Å². The Morgan fingerprint density at radius 3 is 2.08 bits per heavy atom. The zero-order valence-electron chi connectivity index (χ0n) is 22.0. The third-order valence-corrected chi connectivity index (χ3v) is 8.47. The number of nitrogens with one attached hydrogen (secondary N) is 1. The molecule has 0 radical (unpaired) electrons. The van der Waals surface area contributed by atoms with Crippen molar-refractivity contribution in [1.82, 2.24) is 10.2 Å². The van der Waals surface area contributed by atoms with E-state index in [0.29, 0.717) is 5.75 Å². The number of β-lactam (4-membered cyclic amide) rings is 1. The van der Waals surface area contributed by atoms with E-state index in [0.717, 1.165) is 16.7 Å². The molecule has 2 fully saturated rings. The maximum atomic E-state index is 13.9. The number of fused-ring (bicyclic) bond motifs is 1. The van der Waals surface area contributed by atoms with Gasteiger partial charge in [0.2, 0.25) is 11.8 Å². The number of esters is 2. The molecule has 0 aromatic heterocycles. The number of benzene rings is 3. The van der Waals surface area contributed by atoms with Crippen molar-refractivity contribution in [3.63, 3.8) is 0 Å². The van der Waals surface area contributed by atoms with Gasteiger partial charge < -0.3 is 19.7 Å². The van der Waals surface area contributed by atoms with E-state index in [-0.39, 0.29) is 24.8 Å². The van der Waals surface area contributed by atoms with Gasteiger partial charge in [-0.3, -0.25) is 14.4 Å². The van der Waals surface area contributed by atoms with Gasteiger partial charge in [0.1, 0.15) is 17.5 Å². The van der Waals surface area contributed by atoms with E-state index in [1.807, 2.05) is 91.0 Å². The van der Waals surface area contributed by atoms with Gasteiger partial charge in [-0.05, 0) is 16.7 Å². The van der Waals surface area contributed by atoms with E-state index in [4.69, 9.17) is 9.47 Å². The Morgan fingerprint density at radius 2 is 1.50 bits per heavy atom. The number of ether oxygens (including phenoxy) is 2. The molecule has 8 nitrogen and oxygen atoms in total. The maximum absolute atomic E-state index is 13.9. The van der Waals surface area contributed by atoms with Gasteiger partial charge in [0.15, 0.2) is 6.10 Å². The van der Waals surface area contributed by atoms with Crippen LogP contribution in [-0.2, 0) is 35.1 Å². The fourth-order valence-corrected chi connectivity index (χ4v) is 6.57. The summed E-state index contributed by atoms with van der Waals surface area (Å²) in [4.78, 5) is 53.0. The quantitative estimate of drug-likeness (QED) is 0.317. The number of carbonyl (C=O) groups is 4. The van der Waals surface area contributed by atoms with Crippen molar-refractivity contribution in [2.45, 2.75) is 36.9 Å². The van der Waals surface area contributed by atoms with Crippen LogP contribution in [0.15, 0.2) is 91.0 Å². The van der Waals surface area contributed by atoms with Crippen LogP contribution >= 0.6 is 11.8 Å². The first-order chi connectivity index (χ1) is 19.4. The molecule has 0 aliphatic carbocycles. The molecule has 4 atom stereocenters. The predicted octanol–water partition coefficient (Wildman–Crippen LogP) is 3.51. The number of carbonyl (C=O) groups excluding carboxylic acids is 4. The van der Waals surface area contributed by atoms with E-state index in [9.17, 15) is 19.2 Å². The van der Waals surface area contributed by atoms with Gasteiger partial charge in [0, 0.05) is 18.6 Å². The molecule has 2 saturated heterocycles. The monoisotopic (exact) mass is 558 g/mol. The average Bonchev–Trinajstić information content (AvgIpc) is 2.98. The van der Waals surface area contributed by atoms with Gasteiger partial charge in [-0.15, -0.1) is 11.8 Å². The van der Waals surface area contributed by atoms with E-state index < -0.39 is 41.4 Å². The van der Waals surface area contributed by atoms with Crippen LogP contribution in [0.2, 0.25) is 0 Å². The van der Waals surface area contributed by atoms with Crippen molar-refractivity contribution in [3.8, 4) is 0 Å². The summed E-state index contributed by atoms with van der Waals surface area (Å²) in [6, 6.07) is 26.4. The molecule has 2 amide bonds. The molecule has 0 spiro atoms. The number of thioether (sulfide) groups is 1. The Bertz CT molecular complexity index is 1310. The summed E-state index contributed by atoms with van der Waals surface area (Å²) in [5.74, 6) is -1.68. The fourth-order valence-electron chi connectivity index (χ4n) is 5.08. The highest BCUT2D eigenvalue weighted by Crippen LogP contribution is 2.42. The Kier molecular flexibility index (Phi) is 8.50. The van der Waals surface area contributed by atoms with E-state index in [2.05, 4.69) is 5.32 Å². The van der Waals surface area contributed by atoms with Gasteiger partial charge in [-0.1, -0.05) is 91.0 Å². The van der Waals surface area contributed by atoms with E-state index in [1.165, 1.54) is 23.6 Å². The lowest BCUT2D eigenvalue weighted by Crippen LogP contribution is -2.76. The number of rotatable bonds is 9. The molecule has 0 saturated carbocycles. The standard InChI is InChI=1S/C31H30N2O6S/c1-20(34)38-18-24-19-40-30-26(32-25(35)17-21-11-5-2-6-12-21)29(36)33(30)27(24)31(37)39-28(22-13-7-3-8-14-22)23-15-9-4-10-16-23/h2-16,24,26-28,30H,17-19H2,1H3,(H,32,35)/t24?,26?,27?,30-/m1/s1. The van der Waals surface area contributed by atoms with Crippen LogP contribution in [0.25, 0.3) is 0 Å². The smallest absolute Gasteiger partial charge is 0.330 e.